The average Bonchev–Trinajstić information content (AvgIpc) is 2.85. The van der Waals surface area contributed by atoms with E-state index in [0.29, 0.717) is 31.2 Å². The first-order valence-electron chi connectivity index (χ1n) is 11.3. The third kappa shape index (κ3) is 5.58. The molecule has 6 nitrogen and oxygen atoms in total. The quantitative estimate of drug-likeness (QED) is 0.441. The number of carbonyl (C=O) groups is 1. The molecule has 1 heterocycles. The number of hydrogen-bond acceptors (Lipinski definition) is 4. The van der Waals surface area contributed by atoms with Crippen LogP contribution < -0.4 is 9.21 Å². The van der Waals surface area contributed by atoms with E-state index in [1.807, 2.05) is 32.0 Å². The molecule has 3 aromatic carbocycles. The fourth-order valence-corrected chi connectivity index (χ4v) is 6.02. The zero-order valence-electron chi connectivity index (χ0n) is 19.6. The minimum Gasteiger partial charge on any atom is -0.368 e. The van der Waals surface area contributed by atoms with Crippen molar-refractivity contribution in [2.75, 3.05) is 41.9 Å². The van der Waals surface area contributed by atoms with Crippen molar-refractivity contribution in [3.8, 4) is 0 Å². The van der Waals surface area contributed by atoms with Crippen LogP contribution in [-0.2, 0) is 14.8 Å². The number of aryl methyl sites for hydroxylation is 2. The number of hydrogen-bond donors (Lipinski definition) is 0. The van der Waals surface area contributed by atoms with Crippen molar-refractivity contribution < 1.29 is 13.2 Å². The summed E-state index contributed by atoms with van der Waals surface area (Å²) in [6, 6.07) is 19.0. The number of anilines is 2. The van der Waals surface area contributed by atoms with Crippen molar-refractivity contribution in [1.29, 1.82) is 0 Å². The standard InChI is InChI=1S/C26H27Cl2N3O3S/c1-19-7-11-22(12-8-19)35(33,34)31(24-6-4-3-5-23(24)28)18-26(32)30-15-13-29(14-16-30)25-17-21(27)10-9-20(25)2/h3-12,17H,13-16,18H2,1-2H3. The summed E-state index contributed by atoms with van der Waals surface area (Å²) in [7, 11) is -4.01. The largest absolute Gasteiger partial charge is 0.368 e. The van der Waals surface area contributed by atoms with E-state index in [2.05, 4.69) is 4.90 Å². The van der Waals surface area contributed by atoms with E-state index in [0.717, 1.165) is 21.1 Å². The predicted molar refractivity (Wildman–Crippen MR) is 142 cm³/mol. The molecule has 0 bridgehead atoms. The van der Waals surface area contributed by atoms with Gasteiger partial charge in [-0.15, -0.1) is 0 Å². The van der Waals surface area contributed by atoms with E-state index in [4.69, 9.17) is 23.2 Å². The summed E-state index contributed by atoms with van der Waals surface area (Å²) in [6.45, 7) is 5.79. The molecule has 9 heteroatoms. The molecule has 0 N–H and O–H groups in total. The summed E-state index contributed by atoms with van der Waals surface area (Å²) in [4.78, 5) is 17.3. The lowest BCUT2D eigenvalue weighted by atomic mass is 10.1. The van der Waals surface area contributed by atoms with E-state index in [1.54, 1.807) is 53.4 Å². The fourth-order valence-electron chi connectivity index (χ4n) is 4.13. The zero-order valence-corrected chi connectivity index (χ0v) is 21.9. The molecule has 0 atom stereocenters. The molecule has 4 rings (SSSR count). The predicted octanol–water partition coefficient (Wildman–Crippen LogP) is 5.15. The van der Waals surface area contributed by atoms with Gasteiger partial charge in [0.2, 0.25) is 5.91 Å². The summed E-state index contributed by atoms with van der Waals surface area (Å²) >= 11 is 12.6. The van der Waals surface area contributed by atoms with E-state index < -0.39 is 10.0 Å². The number of rotatable bonds is 6. The van der Waals surface area contributed by atoms with Crippen molar-refractivity contribution in [2.45, 2.75) is 18.7 Å². The van der Waals surface area contributed by atoms with Crippen LogP contribution in [0.15, 0.2) is 71.6 Å². The molecule has 1 aliphatic heterocycles. The number of benzene rings is 3. The van der Waals surface area contributed by atoms with E-state index in [1.165, 1.54) is 0 Å². The summed E-state index contributed by atoms with van der Waals surface area (Å²) < 4.78 is 28.3. The number of para-hydroxylation sites is 1. The van der Waals surface area contributed by atoms with Crippen molar-refractivity contribution in [3.05, 3.63) is 87.9 Å². The Bertz CT molecular complexity index is 1320. The molecule has 0 unspecified atom stereocenters. The van der Waals surface area contributed by atoms with Gasteiger partial charge in [0.25, 0.3) is 10.0 Å². The Balaban J connectivity index is 1.55. The topological polar surface area (TPSA) is 60.9 Å². The van der Waals surface area contributed by atoms with Crippen LogP contribution in [0.1, 0.15) is 11.1 Å². The highest BCUT2D eigenvalue weighted by molar-refractivity contribution is 7.92. The van der Waals surface area contributed by atoms with Gasteiger partial charge in [0.15, 0.2) is 0 Å². The van der Waals surface area contributed by atoms with Crippen LogP contribution in [0.5, 0.6) is 0 Å². The van der Waals surface area contributed by atoms with Gasteiger partial charge in [-0.25, -0.2) is 8.42 Å². The van der Waals surface area contributed by atoms with E-state index in [-0.39, 0.29) is 28.1 Å². The molecule has 1 fully saturated rings. The molecular formula is C26H27Cl2N3O3S. The lowest BCUT2D eigenvalue weighted by Crippen LogP contribution is -2.52. The van der Waals surface area contributed by atoms with Crippen LogP contribution >= 0.6 is 23.2 Å². The Kier molecular flexibility index (Phi) is 7.59. The highest BCUT2D eigenvalue weighted by Crippen LogP contribution is 2.31. The molecule has 0 saturated carbocycles. The Morgan fingerprint density at radius 2 is 1.57 bits per heavy atom. The fraction of sp³-hybridized carbons (Fsp3) is 0.269. The van der Waals surface area contributed by atoms with Gasteiger partial charge in [-0.2, -0.15) is 0 Å². The highest BCUT2D eigenvalue weighted by Gasteiger charge is 2.31. The van der Waals surface area contributed by atoms with Crippen LogP contribution in [0.3, 0.4) is 0 Å². The van der Waals surface area contributed by atoms with Gasteiger partial charge >= 0.3 is 0 Å². The van der Waals surface area contributed by atoms with Crippen LogP contribution in [0, 0.1) is 13.8 Å². The number of carbonyl (C=O) groups excluding carboxylic acids is 1. The number of sulfonamides is 1. The lowest BCUT2D eigenvalue weighted by Gasteiger charge is -2.37. The number of amides is 1. The maximum Gasteiger partial charge on any atom is 0.264 e. The van der Waals surface area contributed by atoms with Crippen molar-refractivity contribution >= 4 is 50.5 Å². The third-order valence-corrected chi connectivity index (χ3v) is 8.48. The summed E-state index contributed by atoms with van der Waals surface area (Å²) in [5.74, 6) is -0.275. The van der Waals surface area contributed by atoms with Gasteiger partial charge < -0.3 is 9.80 Å². The summed E-state index contributed by atoms with van der Waals surface area (Å²) in [6.07, 6.45) is 0. The maximum atomic E-state index is 13.6. The maximum absolute atomic E-state index is 13.6. The summed E-state index contributed by atoms with van der Waals surface area (Å²) in [5, 5.41) is 0.929. The van der Waals surface area contributed by atoms with Gasteiger partial charge in [-0.3, -0.25) is 9.10 Å². The molecule has 184 valence electrons. The van der Waals surface area contributed by atoms with Gasteiger partial charge in [0, 0.05) is 36.9 Å². The number of halogens is 2. The molecule has 0 radical (unpaired) electrons. The molecule has 1 saturated heterocycles. The van der Waals surface area contributed by atoms with Crippen molar-refractivity contribution in [3.63, 3.8) is 0 Å². The molecule has 1 aliphatic rings. The van der Waals surface area contributed by atoms with Crippen LogP contribution in [0.2, 0.25) is 10.0 Å². The minimum atomic E-state index is -4.01. The summed E-state index contributed by atoms with van der Waals surface area (Å²) in [5.41, 5.74) is 3.38. The monoisotopic (exact) mass is 531 g/mol. The smallest absolute Gasteiger partial charge is 0.264 e. The second-order valence-electron chi connectivity index (χ2n) is 8.57. The SMILES string of the molecule is Cc1ccc(S(=O)(=O)N(CC(=O)N2CCN(c3cc(Cl)ccc3C)CC2)c2ccccc2Cl)cc1. The van der Waals surface area contributed by atoms with Crippen molar-refractivity contribution in [1.82, 2.24) is 4.90 Å². The molecule has 35 heavy (non-hydrogen) atoms. The van der Waals surface area contributed by atoms with Crippen LogP contribution in [0.25, 0.3) is 0 Å². The molecule has 0 aliphatic carbocycles. The van der Waals surface area contributed by atoms with E-state index in [9.17, 15) is 13.2 Å². The first-order chi connectivity index (χ1) is 16.7. The number of piperazine rings is 1. The number of nitrogens with zero attached hydrogens (tertiary/aromatic N) is 3. The van der Waals surface area contributed by atoms with Crippen LogP contribution in [0.4, 0.5) is 11.4 Å². The second-order valence-corrected chi connectivity index (χ2v) is 11.3. The minimum absolute atomic E-state index is 0.108. The second kappa shape index (κ2) is 10.5. The first-order valence-corrected chi connectivity index (χ1v) is 13.5. The highest BCUT2D eigenvalue weighted by atomic mass is 35.5. The third-order valence-electron chi connectivity index (χ3n) is 6.15. The van der Waals surface area contributed by atoms with Gasteiger partial charge in [-0.05, 0) is 55.8 Å². The van der Waals surface area contributed by atoms with Crippen LogP contribution in [-0.4, -0.2) is 51.9 Å². The lowest BCUT2D eigenvalue weighted by molar-refractivity contribution is -0.129. The normalized spacial score (nSPS) is 14.2. The Labute approximate surface area is 216 Å². The van der Waals surface area contributed by atoms with Crippen molar-refractivity contribution in [2.24, 2.45) is 0 Å². The Morgan fingerprint density at radius 3 is 2.23 bits per heavy atom. The Hall–Kier alpha value is -2.74. The molecule has 1 amide bonds. The van der Waals surface area contributed by atoms with Gasteiger partial charge in [0.05, 0.1) is 15.6 Å². The zero-order chi connectivity index (χ0) is 25.2. The Morgan fingerprint density at radius 1 is 0.914 bits per heavy atom. The molecular weight excluding hydrogens is 505 g/mol. The molecule has 0 aromatic heterocycles. The molecule has 3 aromatic rings. The molecule has 0 spiro atoms. The van der Waals surface area contributed by atoms with Gasteiger partial charge in [0.1, 0.15) is 6.54 Å². The van der Waals surface area contributed by atoms with Gasteiger partial charge in [-0.1, -0.05) is 59.1 Å². The van der Waals surface area contributed by atoms with E-state index >= 15 is 0 Å². The average molecular weight is 532 g/mol. The first kappa shape index (κ1) is 25.4.